The summed E-state index contributed by atoms with van der Waals surface area (Å²) in [5, 5.41) is 0. The first kappa shape index (κ1) is 34.6. The second-order valence-electron chi connectivity index (χ2n) is 11.7. The van der Waals surface area contributed by atoms with Gasteiger partial charge >= 0.3 is 24.5 Å². The van der Waals surface area contributed by atoms with Crippen LogP contribution in [-0.2, 0) is 28.4 Å². The topological polar surface area (TPSA) is 77.5 Å². The van der Waals surface area contributed by atoms with Crippen LogP contribution in [0, 0.1) is 5.41 Å². The molecule has 0 unspecified atom stereocenters. The molecule has 0 bridgehead atoms. The zero-order valence-electron chi connectivity index (χ0n) is 25.5. The molecule has 2 aromatic rings. The molecular weight excluding hydrogens is 598 g/mol. The van der Waals surface area contributed by atoms with Crippen molar-refractivity contribution in [1.29, 1.82) is 0 Å². The van der Waals surface area contributed by atoms with E-state index < -0.39 is 59.9 Å². The minimum atomic E-state index is -5.07. The summed E-state index contributed by atoms with van der Waals surface area (Å²) in [7, 11) is 3.79. The van der Waals surface area contributed by atoms with E-state index in [0.717, 1.165) is 12.0 Å². The highest BCUT2D eigenvalue weighted by Crippen LogP contribution is 2.47. The Hall–Kier alpha value is -3.84. The molecule has 0 spiro atoms. The summed E-state index contributed by atoms with van der Waals surface area (Å²) in [6.07, 6.45) is -11.2. The van der Waals surface area contributed by atoms with Crippen LogP contribution in [0.2, 0.25) is 0 Å². The first-order valence-corrected chi connectivity index (χ1v) is 13.7. The van der Waals surface area contributed by atoms with Crippen molar-refractivity contribution >= 4 is 17.9 Å². The average molecular weight is 635 g/mol. The molecule has 0 saturated carbocycles. The van der Waals surface area contributed by atoms with Gasteiger partial charge in [-0.15, -0.1) is 0 Å². The summed E-state index contributed by atoms with van der Waals surface area (Å²) in [4.78, 5) is 28.9. The number of benzene rings is 2. The third kappa shape index (κ3) is 8.00. The summed E-state index contributed by atoms with van der Waals surface area (Å²) in [5.41, 5.74) is -2.97. The van der Waals surface area contributed by atoms with Crippen LogP contribution >= 0.6 is 0 Å². The Labute approximate surface area is 251 Å². The fraction of sp³-hybridized carbons (Fsp3) is 0.533. The van der Waals surface area contributed by atoms with Gasteiger partial charge in [0.15, 0.2) is 11.5 Å². The van der Waals surface area contributed by atoms with E-state index in [9.17, 15) is 35.9 Å². The number of fused-ring (bicyclic) bond motifs is 1. The monoisotopic (exact) mass is 634 g/mol. The van der Waals surface area contributed by atoms with Crippen molar-refractivity contribution < 1.29 is 54.9 Å². The largest absolute Gasteiger partial charge is 0.493 e. The molecule has 0 N–H and O–H groups in total. The molecule has 0 fully saturated rings. The van der Waals surface area contributed by atoms with E-state index in [1.54, 1.807) is 6.92 Å². The number of carbonyl (C=O) groups is 2. The number of anilines is 1. The Balaban J connectivity index is 2.14. The molecule has 44 heavy (non-hydrogen) atoms. The van der Waals surface area contributed by atoms with Crippen LogP contribution in [0.3, 0.4) is 0 Å². The predicted octanol–water partition coefficient (Wildman–Crippen LogP) is 8.22. The molecular formula is C30H36F6N2O6. The number of methoxy groups -OCH3 is 3. The molecule has 1 heterocycles. The van der Waals surface area contributed by atoms with Gasteiger partial charge in [-0.2, -0.15) is 26.3 Å². The summed E-state index contributed by atoms with van der Waals surface area (Å²) in [5.74, 6) is 0.457. The fourth-order valence-electron chi connectivity index (χ4n) is 4.97. The van der Waals surface area contributed by atoms with Crippen molar-refractivity contribution in [1.82, 2.24) is 4.90 Å². The number of halogens is 6. The van der Waals surface area contributed by atoms with E-state index in [1.807, 2.05) is 20.8 Å². The Bertz CT molecular complexity index is 1320. The Morgan fingerprint density at radius 3 is 1.91 bits per heavy atom. The molecule has 0 radical (unpaired) electrons. The van der Waals surface area contributed by atoms with Crippen LogP contribution in [0.25, 0.3) is 0 Å². The highest BCUT2D eigenvalue weighted by Gasteiger charge is 2.42. The lowest BCUT2D eigenvalue weighted by Gasteiger charge is -2.42. The molecule has 14 heteroatoms. The van der Waals surface area contributed by atoms with Gasteiger partial charge in [-0.3, -0.25) is 9.80 Å². The standard InChI is InChI=1S/C30H36F6N2O6/c1-17-10-22(37(26(39)43-7)16-18-11-19(29(31,32)33)13-20(12-18)30(34,35)36)21-14-24(41-5)25(42-6)15-23(21)38(17)27(40)44-9-8-28(2,3)4/h11-15,17,22H,8-10,16H2,1-7H3/t17-,22+/m1/s1. The lowest BCUT2D eigenvalue weighted by molar-refractivity contribution is -0.143. The van der Waals surface area contributed by atoms with E-state index in [0.29, 0.717) is 24.1 Å². The Morgan fingerprint density at radius 2 is 1.43 bits per heavy atom. The molecule has 8 nitrogen and oxygen atoms in total. The lowest BCUT2D eigenvalue weighted by atomic mass is 9.90. The van der Waals surface area contributed by atoms with E-state index in [-0.39, 0.29) is 41.7 Å². The minimum absolute atomic E-state index is 0.0181. The van der Waals surface area contributed by atoms with Crippen LogP contribution in [-0.4, -0.2) is 51.1 Å². The second kappa shape index (κ2) is 13.0. The van der Waals surface area contributed by atoms with E-state index in [2.05, 4.69) is 0 Å². The Morgan fingerprint density at radius 1 is 0.886 bits per heavy atom. The molecule has 244 valence electrons. The number of ether oxygens (including phenoxy) is 4. The van der Waals surface area contributed by atoms with Crippen molar-refractivity contribution in [3.05, 3.63) is 52.6 Å². The van der Waals surface area contributed by atoms with E-state index >= 15 is 0 Å². The van der Waals surface area contributed by atoms with Crippen LogP contribution in [0.15, 0.2) is 30.3 Å². The zero-order valence-corrected chi connectivity index (χ0v) is 25.5. The molecule has 1 aliphatic heterocycles. The predicted molar refractivity (Wildman–Crippen MR) is 149 cm³/mol. The van der Waals surface area contributed by atoms with E-state index in [1.165, 1.54) is 31.3 Å². The van der Waals surface area contributed by atoms with Gasteiger partial charge in [-0.1, -0.05) is 20.8 Å². The fourth-order valence-corrected chi connectivity index (χ4v) is 4.97. The summed E-state index contributed by atoms with van der Waals surface area (Å²) in [6.45, 7) is 7.11. The minimum Gasteiger partial charge on any atom is -0.493 e. The number of amides is 2. The van der Waals surface area contributed by atoms with Gasteiger partial charge < -0.3 is 18.9 Å². The number of rotatable bonds is 7. The van der Waals surface area contributed by atoms with Crippen LogP contribution in [0.4, 0.5) is 41.6 Å². The van der Waals surface area contributed by atoms with Gasteiger partial charge in [0.1, 0.15) is 0 Å². The first-order valence-electron chi connectivity index (χ1n) is 13.7. The van der Waals surface area contributed by atoms with Gasteiger partial charge in [-0.05, 0) is 55.0 Å². The maximum atomic E-state index is 13.6. The third-order valence-electron chi connectivity index (χ3n) is 7.22. The molecule has 2 amide bonds. The number of hydrogen-bond acceptors (Lipinski definition) is 6. The van der Waals surface area contributed by atoms with Crippen molar-refractivity contribution in [3.8, 4) is 11.5 Å². The second-order valence-corrected chi connectivity index (χ2v) is 11.7. The quantitative estimate of drug-likeness (QED) is 0.286. The van der Waals surface area contributed by atoms with Gasteiger partial charge in [0.2, 0.25) is 0 Å². The van der Waals surface area contributed by atoms with Gasteiger partial charge in [0.25, 0.3) is 0 Å². The Kier molecular flexibility index (Phi) is 10.3. The molecule has 2 atom stereocenters. The molecule has 0 saturated heterocycles. The van der Waals surface area contributed by atoms with Crippen molar-refractivity contribution in [2.75, 3.05) is 32.8 Å². The molecule has 1 aliphatic rings. The number of nitrogens with zero attached hydrogens (tertiary/aromatic N) is 2. The van der Waals surface area contributed by atoms with Crippen molar-refractivity contribution in [2.45, 2.75) is 71.5 Å². The van der Waals surface area contributed by atoms with Crippen LogP contribution in [0.1, 0.15) is 68.8 Å². The maximum absolute atomic E-state index is 13.6. The highest BCUT2D eigenvalue weighted by molar-refractivity contribution is 5.91. The van der Waals surface area contributed by atoms with Gasteiger partial charge in [0, 0.05) is 24.2 Å². The maximum Gasteiger partial charge on any atom is 0.416 e. The number of alkyl halides is 6. The number of hydrogen-bond donors (Lipinski definition) is 0. The van der Waals surface area contributed by atoms with E-state index in [4.69, 9.17) is 18.9 Å². The smallest absolute Gasteiger partial charge is 0.416 e. The van der Waals surface area contributed by atoms with Crippen molar-refractivity contribution in [3.63, 3.8) is 0 Å². The third-order valence-corrected chi connectivity index (χ3v) is 7.22. The van der Waals surface area contributed by atoms with Crippen LogP contribution in [0.5, 0.6) is 11.5 Å². The SMILES string of the molecule is COC(=O)N(Cc1cc(C(F)(F)F)cc(C(F)(F)F)c1)[C@H]1C[C@@H](C)N(C(=O)OCCC(C)(C)C)c2cc(OC)c(OC)cc21. The average Bonchev–Trinajstić information content (AvgIpc) is 2.92. The molecule has 2 aromatic carbocycles. The molecule has 0 aliphatic carbocycles. The first-order chi connectivity index (χ1) is 20.3. The lowest BCUT2D eigenvalue weighted by Crippen LogP contribution is -2.47. The summed E-state index contributed by atoms with van der Waals surface area (Å²) < 4.78 is 103. The zero-order chi connectivity index (χ0) is 33.2. The van der Waals surface area contributed by atoms with Crippen molar-refractivity contribution in [2.24, 2.45) is 5.41 Å². The summed E-state index contributed by atoms with van der Waals surface area (Å²) >= 11 is 0. The van der Waals surface area contributed by atoms with Gasteiger partial charge in [-0.25, -0.2) is 9.59 Å². The number of carbonyl (C=O) groups excluding carboxylic acids is 2. The molecule has 0 aromatic heterocycles. The normalized spacial score (nSPS) is 17.1. The summed E-state index contributed by atoms with van der Waals surface area (Å²) in [6, 6.07) is 2.55. The highest BCUT2D eigenvalue weighted by atomic mass is 19.4. The van der Waals surface area contributed by atoms with Crippen LogP contribution < -0.4 is 14.4 Å². The van der Waals surface area contributed by atoms with Gasteiger partial charge in [0.05, 0.1) is 50.8 Å². The molecule has 3 rings (SSSR count).